The highest BCUT2D eigenvalue weighted by molar-refractivity contribution is 5.80. The van der Waals surface area contributed by atoms with E-state index >= 15 is 0 Å². The van der Waals surface area contributed by atoms with Crippen molar-refractivity contribution in [3.63, 3.8) is 0 Å². The first kappa shape index (κ1) is 14.6. The summed E-state index contributed by atoms with van der Waals surface area (Å²) in [4.78, 5) is 25.3. The van der Waals surface area contributed by atoms with Crippen molar-refractivity contribution in [3.8, 4) is 0 Å². The standard InChI is InChI=1S/C16H21NO3/c1-12-5-3-4-6-13(12)11-14(18)17-9-7-16(2,8-10-17)15(19)20/h3-6H,7-11H2,1-2H3,(H,19,20). The van der Waals surface area contributed by atoms with E-state index in [2.05, 4.69) is 0 Å². The molecule has 0 aromatic heterocycles. The van der Waals surface area contributed by atoms with Gasteiger partial charge in [0.15, 0.2) is 0 Å². The molecule has 1 aromatic rings. The van der Waals surface area contributed by atoms with Crippen molar-refractivity contribution in [2.45, 2.75) is 33.1 Å². The van der Waals surface area contributed by atoms with Crippen LogP contribution in [0.4, 0.5) is 0 Å². The van der Waals surface area contributed by atoms with Crippen molar-refractivity contribution in [3.05, 3.63) is 35.4 Å². The van der Waals surface area contributed by atoms with Crippen LogP contribution < -0.4 is 0 Å². The summed E-state index contributed by atoms with van der Waals surface area (Å²) in [6.45, 7) is 4.83. The molecule has 0 unspecified atom stereocenters. The third kappa shape index (κ3) is 3.00. The summed E-state index contributed by atoms with van der Waals surface area (Å²) in [7, 11) is 0. The van der Waals surface area contributed by atoms with Gasteiger partial charge in [-0.15, -0.1) is 0 Å². The van der Waals surface area contributed by atoms with Crippen molar-refractivity contribution < 1.29 is 14.7 Å². The second-order valence-electron chi connectivity index (χ2n) is 5.85. The van der Waals surface area contributed by atoms with Crippen LogP contribution >= 0.6 is 0 Å². The highest BCUT2D eigenvalue weighted by Gasteiger charge is 2.37. The minimum Gasteiger partial charge on any atom is -0.481 e. The Morgan fingerprint density at radius 3 is 2.40 bits per heavy atom. The second kappa shape index (κ2) is 5.65. The van der Waals surface area contributed by atoms with E-state index in [0.717, 1.165) is 11.1 Å². The zero-order valence-electron chi connectivity index (χ0n) is 12.1. The molecular weight excluding hydrogens is 254 g/mol. The zero-order chi connectivity index (χ0) is 14.8. The number of carboxylic acids is 1. The van der Waals surface area contributed by atoms with Gasteiger partial charge >= 0.3 is 5.97 Å². The number of carbonyl (C=O) groups excluding carboxylic acids is 1. The maximum atomic E-state index is 12.3. The summed E-state index contributed by atoms with van der Waals surface area (Å²) >= 11 is 0. The molecule has 0 bridgehead atoms. The fraction of sp³-hybridized carbons (Fsp3) is 0.500. The molecule has 0 spiro atoms. The van der Waals surface area contributed by atoms with Crippen LogP contribution in [-0.2, 0) is 16.0 Å². The van der Waals surface area contributed by atoms with Crippen LogP contribution in [0.25, 0.3) is 0 Å². The van der Waals surface area contributed by atoms with E-state index in [4.69, 9.17) is 0 Å². The molecule has 1 saturated heterocycles. The summed E-state index contributed by atoms with van der Waals surface area (Å²) in [6, 6.07) is 7.87. The SMILES string of the molecule is Cc1ccccc1CC(=O)N1CCC(C)(C(=O)O)CC1. The van der Waals surface area contributed by atoms with E-state index in [9.17, 15) is 14.7 Å². The van der Waals surface area contributed by atoms with Crippen LogP contribution in [0.3, 0.4) is 0 Å². The van der Waals surface area contributed by atoms with E-state index in [0.29, 0.717) is 32.4 Å². The van der Waals surface area contributed by atoms with Crippen LogP contribution in [0.1, 0.15) is 30.9 Å². The predicted octanol–water partition coefficient (Wildman–Crippen LogP) is 2.25. The number of aliphatic carboxylic acids is 1. The molecule has 0 radical (unpaired) electrons. The fourth-order valence-corrected chi connectivity index (χ4v) is 2.55. The van der Waals surface area contributed by atoms with Gasteiger partial charge in [0.25, 0.3) is 0 Å². The molecule has 108 valence electrons. The first-order chi connectivity index (χ1) is 9.42. The van der Waals surface area contributed by atoms with Gasteiger partial charge in [-0.2, -0.15) is 0 Å². The van der Waals surface area contributed by atoms with Crippen molar-refractivity contribution in [2.75, 3.05) is 13.1 Å². The van der Waals surface area contributed by atoms with Gasteiger partial charge in [-0.1, -0.05) is 24.3 Å². The number of nitrogens with zero attached hydrogens (tertiary/aromatic N) is 1. The maximum Gasteiger partial charge on any atom is 0.309 e. The van der Waals surface area contributed by atoms with Crippen LogP contribution in [0.2, 0.25) is 0 Å². The first-order valence-corrected chi connectivity index (χ1v) is 6.98. The minimum absolute atomic E-state index is 0.0896. The number of hydrogen-bond donors (Lipinski definition) is 1. The molecule has 20 heavy (non-hydrogen) atoms. The second-order valence-corrected chi connectivity index (χ2v) is 5.85. The fourth-order valence-electron chi connectivity index (χ4n) is 2.55. The number of piperidine rings is 1. The molecule has 1 fully saturated rings. The highest BCUT2D eigenvalue weighted by Crippen LogP contribution is 2.31. The predicted molar refractivity (Wildman–Crippen MR) is 76.4 cm³/mol. The Kier molecular flexibility index (Phi) is 4.12. The quantitative estimate of drug-likeness (QED) is 0.920. The first-order valence-electron chi connectivity index (χ1n) is 6.98. The van der Waals surface area contributed by atoms with Gasteiger partial charge in [0.2, 0.25) is 5.91 Å². The van der Waals surface area contributed by atoms with E-state index in [1.54, 1.807) is 11.8 Å². The van der Waals surface area contributed by atoms with Gasteiger partial charge in [-0.05, 0) is 37.8 Å². The summed E-state index contributed by atoms with van der Waals surface area (Å²) in [5, 5.41) is 9.19. The van der Waals surface area contributed by atoms with Crippen LogP contribution in [-0.4, -0.2) is 35.0 Å². The Labute approximate surface area is 119 Å². The lowest BCUT2D eigenvalue weighted by molar-refractivity contribution is -0.152. The topological polar surface area (TPSA) is 57.6 Å². The van der Waals surface area contributed by atoms with E-state index in [-0.39, 0.29) is 5.91 Å². The van der Waals surface area contributed by atoms with Crippen LogP contribution in [0, 0.1) is 12.3 Å². The Morgan fingerprint density at radius 2 is 1.85 bits per heavy atom. The van der Waals surface area contributed by atoms with Gasteiger partial charge in [0.05, 0.1) is 11.8 Å². The Bertz CT molecular complexity index is 516. The van der Waals surface area contributed by atoms with E-state index in [1.165, 1.54) is 0 Å². The molecule has 1 amide bonds. The highest BCUT2D eigenvalue weighted by atomic mass is 16.4. The van der Waals surface area contributed by atoms with Crippen molar-refractivity contribution in [1.82, 2.24) is 4.90 Å². The molecule has 1 N–H and O–H groups in total. The van der Waals surface area contributed by atoms with Gasteiger partial charge in [-0.3, -0.25) is 9.59 Å². The average Bonchev–Trinajstić information content (AvgIpc) is 2.42. The Balaban J connectivity index is 1.96. The molecule has 1 aromatic carbocycles. The van der Waals surface area contributed by atoms with Gasteiger partial charge < -0.3 is 10.0 Å². The lowest BCUT2D eigenvalue weighted by atomic mass is 9.80. The Morgan fingerprint density at radius 1 is 1.25 bits per heavy atom. The third-order valence-electron chi connectivity index (χ3n) is 4.34. The van der Waals surface area contributed by atoms with Crippen LogP contribution in [0.15, 0.2) is 24.3 Å². The number of rotatable bonds is 3. The molecule has 4 nitrogen and oxygen atoms in total. The van der Waals surface area contributed by atoms with Crippen molar-refractivity contribution in [1.29, 1.82) is 0 Å². The van der Waals surface area contributed by atoms with E-state index in [1.807, 2.05) is 31.2 Å². The minimum atomic E-state index is -0.761. The average molecular weight is 275 g/mol. The normalized spacial score (nSPS) is 17.8. The molecular formula is C16H21NO3. The number of benzene rings is 1. The molecule has 2 rings (SSSR count). The lowest BCUT2D eigenvalue weighted by Crippen LogP contribution is -2.45. The maximum absolute atomic E-state index is 12.3. The molecule has 1 heterocycles. The molecule has 0 atom stereocenters. The molecule has 0 saturated carbocycles. The largest absolute Gasteiger partial charge is 0.481 e. The van der Waals surface area contributed by atoms with E-state index < -0.39 is 11.4 Å². The molecule has 1 aliphatic heterocycles. The Hall–Kier alpha value is -1.84. The van der Waals surface area contributed by atoms with Gasteiger partial charge in [0, 0.05) is 13.1 Å². The molecule has 1 aliphatic rings. The number of aryl methyl sites for hydroxylation is 1. The molecule has 4 heteroatoms. The third-order valence-corrected chi connectivity index (χ3v) is 4.34. The number of amides is 1. The van der Waals surface area contributed by atoms with Crippen molar-refractivity contribution in [2.24, 2.45) is 5.41 Å². The molecule has 0 aliphatic carbocycles. The van der Waals surface area contributed by atoms with Crippen LogP contribution in [0.5, 0.6) is 0 Å². The van der Waals surface area contributed by atoms with Gasteiger partial charge in [-0.25, -0.2) is 0 Å². The number of hydrogen-bond acceptors (Lipinski definition) is 2. The smallest absolute Gasteiger partial charge is 0.309 e. The summed E-state index contributed by atoms with van der Waals surface area (Å²) in [5.74, 6) is -0.671. The van der Waals surface area contributed by atoms with Gasteiger partial charge in [0.1, 0.15) is 0 Å². The number of carboxylic acid groups (broad SMARTS) is 1. The summed E-state index contributed by atoms with van der Waals surface area (Å²) in [5.41, 5.74) is 1.48. The number of likely N-dealkylation sites (tertiary alicyclic amines) is 1. The lowest BCUT2D eigenvalue weighted by Gasteiger charge is -2.36. The summed E-state index contributed by atoms with van der Waals surface area (Å²) < 4.78 is 0. The zero-order valence-corrected chi connectivity index (χ0v) is 12.1. The van der Waals surface area contributed by atoms with Crippen molar-refractivity contribution >= 4 is 11.9 Å². The number of carbonyl (C=O) groups is 2. The summed E-state index contributed by atoms with van der Waals surface area (Å²) in [6.07, 6.45) is 1.46. The monoisotopic (exact) mass is 275 g/mol.